The van der Waals surface area contributed by atoms with Gasteiger partial charge in [-0.1, -0.05) is 27.5 Å². The monoisotopic (exact) mass is 429 g/mol. The summed E-state index contributed by atoms with van der Waals surface area (Å²) in [7, 11) is 0. The number of hydrogen-bond acceptors (Lipinski definition) is 3. The molecule has 0 aliphatic rings. The number of rotatable bonds is 1. The van der Waals surface area contributed by atoms with Crippen LogP contribution in [0.15, 0.2) is 63.2 Å². The average molecular weight is 431 g/mol. The molecule has 4 nitrogen and oxygen atoms in total. The van der Waals surface area contributed by atoms with Crippen molar-refractivity contribution >= 4 is 65.6 Å². The molecule has 0 atom stereocenters. The highest BCUT2D eigenvalue weighted by molar-refractivity contribution is 9.10. The molecule has 0 saturated carbocycles. The largest absolute Gasteiger partial charge is 0.281 e. The summed E-state index contributed by atoms with van der Waals surface area (Å²) in [5.41, 5.74) is 3.07. The molecule has 0 saturated heterocycles. The summed E-state index contributed by atoms with van der Waals surface area (Å²) in [5, 5.41) is 3.24. The second kappa shape index (κ2) is 5.42. The Morgan fingerprint density at radius 3 is 2.68 bits per heavy atom. The molecule has 3 heterocycles. The summed E-state index contributed by atoms with van der Waals surface area (Å²) in [6.07, 6.45) is 0. The standard InChI is InChI=1S/C18H9BrClN3OS/c19-10-1-6-14-13(9-10)18(24)23-17(21-14)16-15(7-8-25-16)22(23)12-4-2-11(20)3-5-12/h1-9H. The van der Waals surface area contributed by atoms with Crippen LogP contribution in [-0.4, -0.2) is 14.2 Å². The summed E-state index contributed by atoms with van der Waals surface area (Å²) in [4.78, 5) is 18.0. The number of fused-ring (bicyclic) bond motifs is 4. The molecular weight excluding hydrogens is 422 g/mol. The molecule has 7 heteroatoms. The van der Waals surface area contributed by atoms with Crippen molar-refractivity contribution in [3.8, 4) is 5.69 Å². The lowest BCUT2D eigenvalue weighted by Gasteiger charge is -2.08. The van der Waals surface area contributed by atoms with Crippen molar-refractivity contribution in [1.82, 2.24) is 14.2 Å². The van der Waals surface area contributed by atoms with Crippen LogP contribution in [0.4, 0.5) is 0 Å². The molecule has 0 spiro atoms. The first-order valence-corrected chi connectivity index (χ1v) is 9.55. The molecule has 25 heavy (non-hydrogen) atoms. The molecule has 3 aromatic heterocycles. The van der Waals surface area contributed by atoms with Gasteiger partial charge in [-0.25, -0.2) is 9.67 Å². The van der Waals surface area contributed by atoms with E-state index in [0.29, 0.717) is 21.6 Å². The van der Waals surface area contributed by atoms with Crippen LogP contribution in [0.1, 0.15) is 0 Å². The zero-order chi connectivity index (χ0) is 17.1. The molecule has 2 aromatic carbocycles. The normalized spacial score (nSPS) is 11.8. The van der Waals surface area contributed by atoms with Gasteiger partial charge in [0.15, 0.2) is 5.65 Å². The Bertz CT molecular complexity index is 1330. The van der Waals surface area contributed by atoms with E-state index in [1.807, 2.05) is 58.6 Å². The van der Waals surface area contributed by atoms with Crippen molar-refractivity contribution in [1.29, 1.82) is 0 Å². The Labute approximate surface area is 159 Å². The predicted octanol–water partition coefficient (Wildman–Crippen LogP) is 5.27. The third kappa shape index (κ3) is 2.18. The van der Waals surface area contributed by atoms with Crippen molar-refractivity contribution in [2.75, 3.05) is 0 Å². The fourth-order valence-electron chi connectivity index (χ4n) is 3.06. The van der Waals surface area contributed by atoms with Gasteiger partial charge in [0.2, 0.25) is 0 Å². The van der Waals surface area contributed by atoms with E-state index < -0.39 is 0 Å². The van der Waals surface area contributed by atoms with Gasteiger partial charge in [0.25, 0.3) is 5.56 Å². The molecule has 5 rings (SSSR count). The summed E-state index contributed by atoms with van der Waals surface area (Å²) >= 11 is 11.0. The molecule has 0 N–H and O–H groups in total. The van der Waals surface area contributed by atoms with Crippen LogP contribution in [-0.2, 0) is 0 Å². The zero-order valence-corrected chi connectivity index (χ0v) is 15.8. The second-order valence-corrected chi connectivity index (χ2v) is 7.91. The minimum atomic E-state index is -0.0975. The first-order chi connectivity index (χ1) is 12.1. The average Bonchev–Trinajstić information content (AvgIpc) is 3.18. The van der Waals surface area contributed by atoms with E-state index >= 15 is 0 Å². The lowest BCUT2D eigenvalue weighted by atomic mass is 10.2. The quantitative estimate of drug-likeness (QED) is 0.363. The second-order valence-electron chi connectivity index (χ2n) is 5.64. The number of nitrogens with zero attached hydrogens (tertiary/aromatic N) is 3. The molecule has 0 unspecified atom stereocenters. The molecule has 0 fully saturated rings. The molecule has 0 amide bonds. The van der Waals surface area contributed by atoms with Gasteiger partial charge >= 0.3 is 0 Å². The van der Waals surface area contributed by atoms with Gasteiger partial charge in [-0.2, -0.15) is 4.52 Å². The molecule has 0 aliphatic heterocycles. The highest BCUT2D eigenvalue weighted by Crippen LogP contribution is 2.30. The van der Waals surface area contributed by atoms with Crippen LogP contribution in [0.3, 0.4) is 0 Å². The molecule has 122 valence electrons. The smallest absolute Gasteiger partial charge is 0.267 e. The lowest BCUT2D eigenvalue weighted by Crippen LogP contribution is -2.20. The fraction of sp³-hybridized carbons (Fsp3) is 0. The van der Waals surface area contributed by atoms with Gasteiger partial charge in [-0.15, -0.1) is 11.3 Å². The molecule has 0 radical (unpaired) electrons. The third-order valence-corrected chi connectivity index (χ3v) is 5.80. The van der Waals surface area contributed by atoms with E-state index in [1.165, 1.54) is 0 Å². The van der Waals surface area contributed by atoms with Crippen LogP contribution in [0, 0.1) is 0 Å². The van der Waals surface area contributed by atoms with E-state index in [4.69, 9.17) is 16.6 Å². The number of aromatic nitrogens is 3. The van der Waals surface area contributed by atoms with E-state index in [2.05, 4.69) is 15.9 Å². The van der Waals surface area contributed by atoms with Crippen LogP contribution >= 0.6 is 38.9 Å². The Kier molecular flexibility index (Phi) is 3.28. The summed E-state index contributed by atoms with van der Waals surface area (Å²) in [6.45, 7) is 0. The predicted molar refractivity (Wildman–Crippen MR) is 106 cm³/mol. The van der Waals surface area contributed by atoms with Gasteiger partial charge in [-0.05, 0) is 53.9 Å². The zero-order valence-electron chi connectivity index (χ0n) is 12.6. The summed E-state index contributed by atoms with van der Waals surface area (Å²) < 4.78 is 5.37. The van der Waals surface area contributed by atoms with E-state index in [1.54, 1.807) is 15.9 Å². The molecule has 0 bridgehead atoms. The van der Waals surface area contributed by atoms with E-state index in [-0.39, 0.29) is 5.56 Å². The third-order valence-electron chi connectivity index (χ3n) is 4.16. The summed E-state index contributed by atoms with van der Waals surface area (Å²) in [5.74, 6) is 0. The van der Waals surface area contributed by atoms with Gasteiger partial charge in [-0.3, -0.25) is 4.79 Å². The Hall–Kier alpha value is -2.15. The first-order valence-electron chi connectivity index (χ1n) is 7.49. The minimum absolute atomic E-state index is 0.0975. The van der Waals surface area contributed by atoms with Crippen LogP contribution in [0.25, 0.3) is 32.5 Å². The highest BCUT2D eigenvalue weighted by Gasteiger charge is 2.18. The highest BCUT2D eigenvalue weighted by atomic mass is 79.9. The molecule has 0 aliphatic carbocycles. The first kappa shape index (κ1) is 15.1. The van der Waals surface area contributed by atoms with Crippen molar-refractivity contribution in [3.05, 3.63) is 73.8 Å². The Morgan fingerprint density at radius 2 is 1.88 bits per heavy atom. The number of benzene rings is 2. The lowest BCUT2D eigenvalue weighted by molar-refractivity contribution is 0.794. The van der Waals surface area contributed by atoms with Gasteiger partial charge in [0.1, 0.15) is 0 Å². The molecule has 5 aromatic rings. The maximum absolute atomic E-state index is 13.2. The fourth-order valence-corrected chi connectivity index (χ4v) is 4.40. The van der Waals surface area contributed by atoms with Crippen molar-refractivity contribution in [2.24, 2.45) is 0 Å². The maximum atomic E-state index is 13.2. The van der Waals surface area contributed by atoms with Crippen LogP contribution in [0.5, 0.6) is 0 Å². The van der Waals surface area contributed by atoms with Crippen LogP contribution < -0.4 is 5.56 Å². The number of hydrogen-bond donors (Lipinski definition) is 0. The van der Waals surface area contributed by atoms with Gasteiger partial charge in [0, 0.05) is 9.50 Å². The van der Waals surface area contributed by atoms with Crippen molar-refractivity contribution < 1.29 is 0 Å². The van der Waals surface area contributed by atoms with Crippen LogP contribution in [0.2, 0.25) is 5.02 Å². The van der Waals surface area contributed by atoms with Gasteiger partial charge < -0.3 is 0 Å². The number of thiophene rings is 1. The van der Waals surface area contributed by atoms with E-state index in [9.17, 15) is 4.79 Å². The minimum Gasteiger partial charge on any atom is -0.267 e. The van der Waals surface area contributed by atoms with E-state index in [0.717, 1.165) is 20.4 Å². The number of halogens is 2. The topological polar surface area (TPSA) is 39.3 Å². The Balaban J connectivity index is 2.03. The summed E-state index contributed by atoms with van der Waals surface area (Å²) in [6, 6.07) is 15.0. The molecular formula is C18H9BrClN3OS. The maximum Gasteiger partial charge on any atom is 0.281 e. The van der Waals surface area contributed by atoms with Crippen molar-refractivity contribution in [2.45, 2.75) is 0 Å². The van der Waals surface area contributed by atoms with Gasteiger partial charge in [0.05, 0.1) is 26.8 Å². The Morgan fingerprint density at radius 1 is 1.08 bits per heavy atom. The SMILES string of the molecule is O=c1c2cc(Br)ccc2nc2c3sccc3n(-c3ccc(Cl)cc3)n12. The van der Waals surface area contributed by atoms with Crippen molar-refractivity contribution in [3.63, 3.8) is 0 Å².